The molecule has 20 heavy (non-hydrogen) atoms. The van der Waals surface area contributed by atoms with E-state index in [1.165, 1.54) is 22.9 Å². The van der Waals surface area contributed by atoms with E-state index in [0.717, 1.165) is 11.3 Å². The van der Waals surface area contributed by atoms with Gasteiger partial charge in [-0.25, -0.2) is 0 Å². The van der Waals surface area contributed by atoms with Crippen molar-refractivity contribution >= 4 is 23.4 Å². The van der Waals surface area contributed by atoms with Gasteiger partial charge in [-0.3, -0.25) is 0 Å². The molecular formula is C14H16ClN3OS. The summed E-state index contributed by atoms with van der Waals surface area (Å²) < 4.78 is 5.40. The summed E-state index contributed by atoms with van der Waals surface area (Å²) in [5.41, 5.74) is 2.41. The van der Waals surface area contributed by atoms with Gasteiger partial charge in [0.15, 0.2) is 5.16 Å². The van der Waals surface area contributed by atoms with Gasteiger partial charge in [0.05, 0.1) is 6.61 Å². The minimum Gasteiger partial charge on any atom is -0.463 e. The highest BCUT2D eigenvalue weighted by Crippen LogP contribution is 2.29. The Morgan fingerprint density at radius 3 is 2.70 bits per heavy atom. The largest absolute Gasteiger partial charge is 0.463 e. The second kappa shape index (κ2) is 6.90. The van der Waals surface area contributed by atoms with E-state index < -0.39 is 0 Å². The molecule has 0 N–H and O–H groups in total. The summed E-state index contributed by atoms with van der Waals surface area (Å²) in [7, 11) is 0. The first-order valence-electron chi connectivity index (χ1n) is 6.38. The minimum atomic E-state index is 0.151. The highest BCUT2D eigenvalue weighted by Gasteiger charge is 2.09. The third-order valence-electron chi connectivity index (χ3n) is 2.53. The highest BCUT2D eigenvalue weighted by molar-refractivity contribution is 7.99. The van der Waals surface area contributed by atoms with Crippen molar-refractivity contribution in [3.05, 3.63) is 34.6 Å². The van der Waals surface area contributed by atoms with E-state index in [1.807, 2.05) is 6.92 Å². The molecule has 0 amide bonds. The SMILES string of the molecule is CCCOc1nc(Cl)nc(Sc2ccc(C)cc2C)n1. The predicted octanol–water partition coefficient (Wildman–Crippen LogP) is 4.08. The fraction of sp³-hybridized carbons (Fsp3) is 0.357. The van der Waals surface area contributed by atoms with Crippen LogP contribution >= 0.6 is 23.4 Å². The van der Waals surface area contributed by atoms with Crippen LogP contribution in [0.4, 0.5) is 0 Å². The summed E-state index contributed by atoms with van der Waals surface area (Å²) in [5.74, 6) is 0. The molecule has 2 aromatic rings. The molecule has 106 valence electrons. The lowest BCUT2D eigenvalue weighted by molar-refractivity contribution is 0.288. The highest BCUT2D eigenvalue weighted by atomic mass is 35.5. The van der Waals surface area contributed by atoms with Crippen molar-refractivity contribution in [2.75, 3.05) is 6.61 Å². The Hall–Kier alpha value is -1.33. The lowest BCUT2D eigenvalue weighted by Crippen LogP contribution is -2.02. The monoisotopic (exact) mass is 309 g/mol. The van der Waals surface area contributed by atoms with Crippen LogP contribution in [0.25, 0.3) is 0 Å². The maximum Gasteiger partial charge on any atom is 0.321 e. The van der Waals surface area contributed by atoms with E-state index >= 15 is 0 Å². The van der Waals surface area contributed by atoms with E-state index in [-0.39, 0.29) is 11.3 Å². The van der Waals surface area contributed by atoms with Crippen LogP contribution in [0.15, 0.2) is 28.3 Å². The standard InChI is InChI=1S/C14H16ClN3OS/c1-4-7-19-13-16-12(15)17-14(18-13)20-11-6-5-9(2)8-10(11)3/h5-6,8H,4,7H2,1-3H3. The summed E-state index contributed by atoms with van der Waals surface area (Å²) in [4.78, 5) is 13.4. The Bertz CT molecular complexity index is 607. The van der Waals surface area contributed by atoms with Crippen molar-refractivity contribution in [3.8, 4) is 6.01 Å². The van der Waals surface area contributed by atoms with E-state index in [0.29, 0.717) is 11.8 Å². The Kier molecular flexibility index (Phi) is 5.20. The molecule has 0 aliphatic heterocycles. The molecule has 0 bridgehead atoms. The molecule has 0 atom stereocenters. The smallest absolute Gasteiger partial charge is 0.321 e. The van der Waals surface area contributed by atoms with Gasteiger partial charge >= 0.3 is 6.01 Å². The second-order valence-corrected chi connectivity index (χ2v) is 5.74. The fourth-order valence-corrected chi connectivity index (χ4v) is 2.64. The molecule has 4 nitrogen and oxygen atoms in total. The average molecular weight is 310 g/mol. The zero-order valence-electron chi connectivity index (χ0n) is 11.7. The zero-order valence-corrected chi connectivity index (χ0v) is 13.3. The first kappa shape index (κ1) is 15.1. The van der Waals surface area contributed by atoms with Gasteiger partial charge in [0.25, 0.3) is 0 Å². The van der Waals surface area contributed by atoms with E-state index in [1.54, 1.807) is 0 Å². The van der Waals surface area contributed by atoms with Crippen LogP contribution in [0.2, 0.25) is 5.28 Å². The first-order valence-corrected chi connectivity index (χ1v) is 7.57. The maximum atomic E-state index is 5.90. The second-order valence-electron chi connectivity index (χ2n) is 4.39. The Morgan fingerprint density at radius 2 is 2.00 bits per heavy atom. The number of benzene rings is 1. The number of hydrogen-bond donors (Lipinski definition) is 0. The molecular weight excluding hydrogens is 294 g/mol. The number of halogens is 1. The van der Waals surface area contributed by atoms with Crippen molar-refractivity contribution in [3.63, 3.8) is 0 Å². The molecule has 2 rings (SSSR count). The molecule has 1 aromatic heterocycles. The lowest BCUT2D eigenvalue weighted by atomic mass is 10.2. The Balaban J connectivity index is 2.21. The van der Waals surface area contributed by atoms with Crippen LogP contribution in [0, 0.1) is 13.8 Å². The fourth-order valence-electron chi connectivity index (χ4n) is 1.63. The van der Waals surface area contributed by atoms with Gasteiger partial charge < -0.3 is 4.74 Å². The number of rotatable bonds is 5. The summed E-state index contributed by atoms with van der Waals surface area (Å²) >= 11 is 7.36. The summed E-state index contributed by atoms with van der Waals surface area (Å²) in [6.45, 7) is 6.71. The molecule has 0 aliphatic rings. The number of nitrogens with zero attached hydrogens (tertiary/aromatic N) is 3. The minimum absolute atomic E-state index is 0.151. The Morgan fingerprint density at radius 1 is 1.20 bits per heavy atom. The molecule has 1 aromatic carbocycles. The van der Waals surface area contributed by atoms with Crippen molar-refractivity contribution in [2.24, 2.45) is 0 Å². The van der Waals surface area contributed by atoms with Gasteiger partial charge in [0, 0.05) is 4.90 Å². The van der Waals surface area contributed by atoms with E-state index in [9.17, 15) is 0 Å². The predicted molar refractivity (Wildman–Crippen MR) is 80.7 cm³/mol. The molecule has 0 fully saturated rings. The summed E-state index contributed by atoms with van der Waals surface area (Å²) in [5, 5.41) is 0.696. The summed E-state index contributed by atoms with van der Waals surface area (Å²) in [6, 6.07) is 6.52. The van der Waals surface area contributed by atoms with Gasteiger partial charge in [-0.15, -0.1) is 0 Å². The van der Waals surface area contributed by atoms with Crippen LogP contribution in [-0.2, 0) is 0 Å². The van der Waals surface area contributed by atoms with Gasteiger partial charge in [0.2, 0.25) is 5.28 Å². The lowest BCUT2D eigenvalue weighted by Gasteiger charge is -2.07. The van der Waals surface area contributed by atoms with Crippen LogP contribution in [-0.4, -0.2) is 21.6 Å². The van der Waals surface area contributed by atoms with Gasteiger partial charge in [-0.2, -0.15) is 15.0 Å². The molecule has 1 heterocycles. The topological polar surface area (TPSA) is 47.9 Å². The number of ether oxygens (including phenoxy) is 1. The molecule has 0 aliphatic carbocycles. The molecule has 0 saturated heterocycles. The summed E-state index contributed by atoms with van der Waals surface area (Å²) in [6.07, 6.45) is 0.892. The van der Waals surface area contributed by atoms with Crippen LogP contribution in [0.3, 0.4) is 0 Å². The molecule has 0 saturated carbocycles. The average Bonchev–Trinajstić information content (AvgIpc) is 2.39. The van der Waals surface area contributed by atoms with Crippen molar-refractivity contribution in [2.45, 2.75) is 37.2 Å². The van der Waals surface area contributed by atoms with Crippen LogP contribution < -0.4 is 4.74 Å². The van der Waals surface area contributed by atoms with E-state index in [2.05, 4.69) is 47.0 Å². The third-order valence-corrected chi connectivity index (χ3v) is 3.75. The quantitative estimate of drug-likeness (QED) is 0.832. The number of hydrogen-bond acceptors (Lipinski definition) is 5. The molecule has 6 heteroatoms. The van der Waals surface area contributed by atoms with Gasteiger partial charge in [-0.1, -0.05) is 24.6 Å². The van der Waals surface area contributed by atoms with Crippen molar-refractivity contribution in [1.82, 2.24) is 15.0 Å². The van der Waals surface area contributed by atoms with Crippen LogP contribution in [0.5, 0.6) is 6.01 Å². The number of aromatic nitrogens is 3. The molecule has 0 spiro atoms. The first-order chi connectivity index (χ1) is 9.58. The molecule has 0 unspecified atom stereocenters. The van der Waals surface area contributed by atoms with E-state index in [4.69, 9.17) is 16.3 Å². The van der Waals surface area contributed by atoms with Gasteiger partial charge in [0.1, 0.15) is 0 Å². The maximum absolute atomic E-state index is 5.90. The van der Waals surface area contributed by atoms with Gasteiger partial charge in [-0.05, 0) is 55.3 Å². The Labute approximate surface area is 128 Å². The van der Waals surface area contributed by atoms with Crippen LogP contribution in [0.1, 0.15) is 24.5 Å². The molecule has 0 radical (unpaired) electrons. The van der Waals surface area contributed by atoms with Crippen molar-refractivity contribution in [1.29, 1.82) is 0 Å². The number of aryl methyl sites for hydroxylation is 2. The third kappa shape index (κ3) is 4.08. The van der Waals surface area contributed by atoms with Crippen molar-refractivity contribution < 1.29 is 4.74 Å². The zero-order chi connectivity index (χ0) is 14.5. The normalized spacial score (nSPS) is 10.6.